The molecule has 0 aromatic carbocycles. The van der Waals surface area contributed by atoms with Gasteiger partial charge in [0.2, 0.25) is 0 Å². The van der Waals surface area contributed by atoms with Gasteiger partial charge in [-0.25, -0.2) is 0 Å². The van der Waals surface area contributed by atoms with Crippen LogP contribution in [0.15, 0.2) is 0 Å². The second kappa shape index (κ2) is 5.48. The van der Waals surface area contributed by atoms with Crippen molar-refractivity contribution >= 4 is 0 Å². The number of hydrogen-bond donors (Lipinski definition) is 1. The summed E-state index contributed by atoms with van der Waals surface area (Å²) >= 11 is 0. The molecule has 0 amide bonds. The van der Waals surface area contributed by atoms with Gasteiger partial charge < -0.3 is 10.2 Å². The fourth-order valence-corrected chi connectivity index (χ4v) is 2.92. The molecule has 1 saturated heterocycles. The van der Waals surface area contributed by atoms with Gasteiger partial charge in [0.05, 0.1) is 0 Å². The molecule has 16 heavy (non-hydrogen) atoms. The summed E-state index contributed by atoms with van der Waals surface area (Å²) in [6, 6.07) is 1.44. The first-order chi connectivity index (χ1) is 7.70. The molecule has 1 heterocycles. The van der Waals surface area contributed by atoms with Crippen LogP contribution in [-0.4, -0.2) is 62.2 Å². The van der Waals surface area contributed by atoms with Gasteiger partial charge in [0.1, 0.15) is 0 Å². The number of nitrogens with one attached hydrogen (secondary N) is 1. The molecule has 94 valence electrons. The van der Waals surface area contributed by atoms with Crippen LogP contribution < -0.4 is 5.32 Å². The topological polar surface area (TPSA) is 18.5 Å². The average molecular weight is 225 g/mol. The fourth-order valence-electron chi connectivity index (χ4n) is 2.92. The lowest BCUT2D eigenvalue weighted by Gasteiger charge is -2.31. The van der Waals surface area contributed by atoms with Crippen molar-refractivity contribution in [1.82, 2.24) is 15.1 Å². The molecule has 0 aromatic heterocycles. The van der Waals surface area contributed by atoms with E-state index in [1.54, 1.807) is 0 Å². The molecular formula is C13H27N3. The molecule has 2 atom stereocenters. The summed E-state index contributed by atoms with van der Waals surface area (Å²) in [7, 11) is 4.37. The highest BCUT2D eigenvalue weighted by Gasteiger charge is 2.32. The standard InChI is InChI=1S/C13H27N3/c1-11-9-15(3)7-4-8-16(11)10-13(14-2)12-5-6-12/h11-14H,4-10H2,1-3H3. The molecule has 0 bridgehead atoms. The van der Waals surface area contributed by atoms with Crippen LogP contribution in [0.3, 0.4) is 0 Å². The van der Waals surface area contributed by atoms with E-state index in [9.17, 15) is 0 Å². The zero-order valence-corrected chi connectivity index (χ0v) is 11.1. The van der Waals surface area contributed by atoms with Crippen LogP contribution in [0.4, 0.5) is 0 Å². The minimum atomic E-state index is 0.710. The summed E-state index contributed by atoms with van der Waals surface area (Å²) in [5.41, 5.74) is 0. The van der Waals surface area contributed by atoms with Gasteiger partial charge in [-0.2, -0.15) is 0 Å². The minimum absolute atomic E-state index is 0.710. The van der Waals surface area contributed by atoms with E-state index in [1.807, 2.05) is 0 Å². The van der Waals surface area contributed by atoms with Crippen molar-refractivity contribution < 1.29 is 0 Å². The second-order valence-corrected chi connectivity index (χ2v) is 5.69. The van der Waals surface area contributed by atoms with Crippen LogP contribution >= 0.6 is 0 Å². The van der Waals surface area contributed by atoms with Crippen molar-refractivity contribution in [3.8, 4) is 0 Å². The molecule has 0 spiro atoms. The monoisotopic (exact) mass is 225 g/mol. The van der Waals surface area contributed by atoms with Crippen molar-refractivity contribution in [3.63, 3.8) is 0 Å². The molecule has 1 aliphatic heterocycles. The Bertz CT molecular complexity index is 215. The van der Waals surface area contributed by atoms with Crippen LogP contribution in [0.2, 0.25) is 0 Å². The van der Waals surface area contributed by atoms with Crippen LogP contribution in [0.25, 0.3) is 0 Å². The van der Waals surface area contributed by atoms with E-state index in [-0.39, 0.29) is 0 Å². The van der Waals surface area contributed by atoms with Gasteiger partial charge in [0.25, 0.3) is 0 Å². The van der Waals surface area contributed by atoms with Gasteiger partial charge in [0.15, 0.2) is 0 Å². The SMILES string of the molecule is CNC(CN1CCCN(C)CC1C)C1CC1. The molecule has 2 rings (SSSR count). The Morgan fingerprint density at radius 2 is 2.06 bits per heavy atom. The molecule has 0 aromatic rings. The van der Waals surface area contributed by atoms with Crippen LogP contribution in [0, 0.1) is 5.92 Å². The van der Waals surface area contributed by atoms with E-state index in [4.69, 9.17) is 0 Å². The summed E-state index contributed by atoms with van der Waals surface area (Å²) < 4.78 is 0. The summed E-state index contributed by atoms with van der Waals surface area (Å²) in [5, 5.41) is 3.51. The normalized spacial score (nSPS) is 31.3. The maximum Gasteiger partial charge on any atom is 0.0220 e. The summed E-state index contributed by atoms with van der Waals surface area (Å²) in [6.45, 7) is 7.38. The Morgan fingerprint density at radius 1 is 1.31 bits per heavy atom. The minimum Gasteiger partial charge on any atom is -0.315 e. The van der Waals surface area contributed by atoms with Crippen LogP contribution in [-0.2, 0) is 0 Å². The molecule has 2 aliphatic rings. The number of rotatable bonds is 4. The molecule has 3 nitrogen and oxygen atoms in total. The Morgan fingerprint density at radius 3 is 2.69 bits per heavy atom. The molecule has 2 fully saturated rings. The van der Waals surface area contributed by atoms with Gasteiger partial charge in [0, 0.05) is 25.2 Å². The highest BCUT2D eigenvalue weighted by atomic mass is 15.2. The van der Waals surface area contributed by atoms with Crippen molar-refractivity contribution in [2.45, 2.75) is 38.3 Å². The maximum atomic E-state index is 3.51. The van der Waals surface area contributed by atoms with Gasteiger partial charge in [-0.1, -0.05) is 0 Å². The van der Waals surface area contributed by atoms with Gasteiger partial charge >= 0.3 is 0 Å². The highest BCUT2D eigenvalue weighted by molar-refractivity contribution is 4.89. The number of nitrogens with zero attached hydrogens (tertiary/aromatic N) is 2. The molecule has 1 aliphatic carbocycles. The predicted octanol–water partition coefficient (Wildman–Crippen LogP) is 1.01. The van der Waals surface area contributed by atoms with E-state index in [1.165, 1.54) is 45.4 Å². The third kappa shape index (κ3) is 3.19. The average Bonchev–Trinajstić information content (AvgIpc) is 3.05. The number of likely N-dealkylation sites (N-methyl/N-ethyl adjacent to an activating group) is 2. The molecule has 3 heteroatoms. The third-order valence-electron chi connectivity index (χ3n) is 4.18. The van der Waals surface area contributed by atoms with E-state index >= 15 is 0 Å². The quantitative estimate of drug-likeness (QED) is 0.770. The Hall–Kier alpha value is -0.120. The predicted molar refractivity (Wildman–Crippen MR) is 68.7 cm³/mol. The fraction of sp³-hybridized carbons (Fsp3) is 1.00. The zero-order valence-electron chi connectivity index (χ0n) is 11.1. The van der Waals surface area contributed by atoms with Crippen molar-refractivity contribution in [3.05, 3.63) is 0 Å². The van der Waals surface area contributed by atoms with E-state index < -0.39 is 0 Å². The van der Waals surface area contributed by atoms with Crippen molar-refractivity contribution in [2.24, 2.45) is 5.92 Å². The molecular weight excluding hydrogens is 198 g/mol. The Labute approximate surface area is 100 Å². The lowest BCUT2D eigenvalue weighted by Crippen LogP contribution is -2.46. The van der Waals surface area contributed by atoms with Crippen LogP contribution in [0.5, 0.6) is 0 Å². The maximum absolute atomic E-state index is 3.51. The third-order valence-corrected chi connectivity index (χ3v) is 4.18. The van der Waals surface area contributed by atoms with Gasteiger partial charge in [-0.15, -0.1) is 0 Å². The zero-order chi connectivity index (χ0) is 11.5. The Balaban J connectivity index is 1.86. The molecule has 0 radical (unpaired) electrons. The van der Waals surface area contributed by atoms with Gasteiger partial charge in [-0.05, 0) is 59.3 Å². The molecule has 1 N–H and O–H groups in total. The second-order valence-electron chi connectivity index (χ2n) is 5.69. The lowest BCUT2D eigenvalue weighted by atomic mass is 10.1. The van der Waals surface area contributed by atoms with Crippen molar-refractivity contribution in [1.29, 1.82) is 0 Å². The first-order valence-corrected chi connectivity index (χ1v) is 6.80. The summed E-state index contributed by atoms with van der Waals surface area (Å²) in [6.07, 6.45) is 4.20. The van der Waals surface area contributed by atoms with E-state index in [0.29, 0.717) is 6.04 Å². The molecule has 2 unspecified atom stereocenters. The largest absolute Gasteiger partial charge is 0.315 e. The summed E-state index contributed by atoms with van der Waals surface area (Å²) in [5.74, 6) is 0.957. The first kappa shape index (κ1) is 12.3. The van der Waals surface area contributed by atoms with E-state index in [0.717, 1.165) is 12.0 Å². The summed E-state index contributed by atoms with van der Waals surface area (Å²) in [4.78, 5) is 5.15. The Kier molecular flexibility index (Phi) is 4.22. The number of hydrogen-bond acceptors (Lipinski definition) is 3. The molecule has 1 saturated carbocycles. The van der Waals surface area contributed by atoms with Crippen molar-refractivity contribution in [2.75, 3.05) is 40.3 Å². The lowest BCUT2D eigenvalue weighted by molar-refractivity contribution is 0.178. The van der Waals surface area contributed by atoms with E-state index in [2.05, 4.69) is 36.1 Å². The highest BCUT2D eigenvalue weighted by Crippen LogP contribution is 2.33. The van der Waals surface area contributed by atoms with Crippen LogP contribution in [0.1, 0.15) is 26.2 Å². The first-order valence-electron chi connectivity index (χ1n) is 6.80. The smallest absolute Gasteiger partial charge is 0.0220 e. The van der Waals surface area contributed by atoms with Gasteiger partial charge in [-0.3, -0.25) is 4.90 Å².